The molecule has 216 valence electrons. The predicted octanol–water partition coefficient (Wildman–Crippen LogP) is 5.10. The lowest BCUT2D eigenvalue weighted by atomic mass is 9.91. The summed E-state index contributed by atoms with van der Waals surface area (Å²) in [5.41, 5.74) is 1.15. The molecule has 0 bridgehead atoms. The van der Waals surface area contributed by atoms with Gasteiger partial charge >= 0.3 is 6.18 Å². The van der Waals surface area contributed by atoms with Gasteiger partial charge in [0.15, 0.2) is 0 Å². The number of carbonyl (C=O) groups excluding carboxylic acids is 1. The number of hydrogen-bond acceptors (Lipinski definition) is 5. The summed E-state index contributed by atoms with van der Waals surface area (Å²) in [4.78, 5) is 17.6. The number of nitrogens with one attached hydrogen (secondary N) is 2. The summed E-state index contributed by atoms with van der Waals surface area (Å²) in [7, 11) is 0. The van der Waals surface area contributed by atoms with Crippen molar-refractivity contribution < 1.29 is 22.4 Å². The Morgan fingerprint density at radius 2 is 1.90 bits per heavy atom. The third-order valence-electron chi connectivity index (χ3n) is 7.21. The van der Waals surface area contributed by atoms with Gasteiger partial charge in [0.25, 0.3) is 0 Å². The number of nitrogens with zero attached hydrogens (tertiary/aromatic N) is 4. The van der Waals surface area contributed by atoms with Gasteiger partial charge < -0.3 is 20.1 Å². The number of hydrogen-bond donors (Lipinski definition) is 2. The van der Waals surface area contributed by atoms with E-state index >= 15 is 4.39 Å². The molecule has 0 aliphatic carbocycles. The van der Waals surface area contributed by atoms with E-state index in [1.807, 2.05) is 0 Å². The second kappa shape index (κ2) is 12.2. The molecular weight excluding hydrogens is 536 g/mol. The zero-order chi connectivity index (χ0) is 29.8. The van der Waals surface area contributed by atoms with Crippen LogP contribution in [0, 0.1) is 29.0 Å². The maximum Gasteiger partial charge on any atom is 0.406 e. The highest BCUT2D eigenvalue weighted by Crippen LogP contribution is 2.28. The van der Waals surface area contributed by atoms with E-state index < -0.39 is 24.0 Å². The molecule has 1 fully saturated rings. The average molecular weight is 569 g/mol. The van der Waals surface area contributed by atoms with Gasteiger partial charge in [-0.25, -0.2) is 4.39 Å². The maximum atomic E-state index is 15.0. The molecular formula is C30H32F4N6O. The maximum absolute atomic E-state index is 15.0. The molecule has 0 radical (unpaired) electrons. The van der Waals surface area contributed by atoms with Gasteiger partial charge in [0.2, 0.25) is 5.91 Å². The molecule has 0 unspecified atom stereocenters. The van der Waals surface area contributed by atoms with Crippen molar-refractivity contribution in [3.63, 3.8) is 0 Å². The van der Waals surface area contributed by atoms with Gasteiger partial charge in [0.1, 0.15) is 12.4 Å². The summed E-state index contributed by atoms with van der Waals surface area (Å²) in [5.74, 6) is 5.07. The van der Waals surface area contributed by atoms with Gasteiger partial charge in [-0.3, -0.25) is 9.78 Å². The summed E-state index contributed by atoms with van der Waals surface area (Å²) < 4.78 is 56.3. The number of anilines is 1. The lowest BCUT2D eigenvalue weighted by Gasteiger charge is -2.31. The van der Waals surface area contributed by atoms with E-state index in [1.54, 1.807) is 49.2 Å². The fourth-order valence-corrected chi connectivity index (χ4v) is 4.78. The number of piperidine rings is 1. The summed E-state index contributed by atoms with van der Waals surface area (Å²) in [6.07, 6.45) is -1.45. The number of halogens is 4. The largest absolute Gasteiger partial charge is 0.406 e. The van der Waals surface area contributed by atoms with Gasteiger partial charge in [0, 0.05) is 43.5 Å². The number of aromatic nitrogens is 2. The van der Waals surface area contributed by atoms with Gasteiger partial charge in [-0.05, 0) is 62.9 Å². The van der Waals surface area contributed by atoms with Crippen molar-refractivity contribution in [1.29, 1.82) is 5.26 Å². The lowest BCUT2D eigenvalue weighted by Crippen LogP contribution is -2.44. The highest BCUT2D eigenvalue weighted by Gasteiger charge is 2.30. The van der Waals surface area contributed by atoms with Crippen molar-refractivity contribution in [1.82, 2.24) is 19.8 Å². The molecule has 2 N–H and O–H groups in total. The molecule has 1 saturated heterocycles. The van der Waals surface area contributed by atoms with Crippen molar-refractivity contribution in [2.24, 2.45) is 0 Å². The third-order valence-corrected chi connectivity index (χ3v) is 7.21. The van der Waals surface area contributed by atoms with Crippen LogP contribution in [0.1, 0.15) is 50.6 Å². The number of alkyl halides is 3. The first-order valence-electron chi connectivity index (χ1n) is 13.3. The molecule has 2 aromatic heterocycles. The van der Waals surface area contributed by atoms with E-state index in [1.165, 1.54) is 6.92 Å². The number of nitriles is 1. The molecule has 7 nitrogen and oxygen atoms in total. The predicted molar refractivity (Wildman–Crippen MR) is 148 cm³/mol. The molecule has 0 atom stereocenters. The Kier molecular flexibility index (Phi) is 8.89. The number of pyridine rings is 1. The Labute approximate surface area is 236 Å². The first-order valence-corrected chi connectivity index (χ1v) is 13.3. The van der Waals surface area contributed by atoms with E-state index in [2.05, 4.69) is 33.5 Å². The number of carbonyl (C=O) groups is 1. The zero-order valence-corrected chi connectivity index (χ0v) is 23.2. The minimum atomic E-state index is -4.52. The zero-order valence-electron chi connectivity index (χ0n) is 23.2. The summed E-state index contributed by atoms with van der Waals surface area (Å²) in [6, 6.07) is 10.0. The van der Waals surface area contributed by atoms with E-state index in [4.69, 9.17) is 0 Å². The molecule has 3 heterocycles. The second-order valence-corrected chi connectivity index (χ2v) is 10.7. The number of rotatable bonds is 7. The molecule has 11 heteroatoms. The van der Waals surface area contributed by atoms with Crippen LogP contribution in [0.5, 0.6) is 0 Å². The minimum absolute atomic E-state index is 0.0322. The smallest absolute Gasteiger partial charge is 0.373 e. The highest BCUT2D eigenvalue weighted by atomic mass is 19.4. The van der Waals surface area contributed by atoms with Crippen molar-refractivity contribution in [3.8, 4) is 17.9 Å². The quantitative estimate of drug-likeness (QED) is 0.306. The van der Waals surface area contributed by atoms with Crippen LogP contribution < -0.4 is 10.6 Å². The standard InChI is InChI=1S/C30H32F4N6O/c1-20(41)39-11-8-23(9-12-39)37-16-22-13-21-14-25(40(19-30(32,33)34)27(21)15-26(22)31)5-4-10-36-24-6-7-28(38-17-24)29(2,3)18-35/h6-7,13-15,17,23,36-37H,8-12,16,19H2,1-3H3. The van der Waals surface area contributed by atoms with Crippen molar-refractivity contribution in [2.45, 2.75) is 64.3 Å². The first-order chi connectivity index (χ1) is 19.4. The van der Waals surface area contributed by atoms with E-state index in [9.17, 15) is 23.2 Å². The molecule has 1 aliphatic rings. The summed E-state index contributed by atoms with van der Waals surface area (Å²) in [6.45, 7) is 5.40. The second-order valence-electron chi connectivity index (χ2n) is 10.7. The Bertz CT molecular complexity index is 1500. The fraction of sp³-hybridized carbons (Fsp3) is 0.433. The number of benzene rings is 1. The van der Waals surface area contributed by atoms with Crippen LogP contribution in [-0.2, 0) is 23.3 Å². The van der Waals surface area contributed by atoms with Crippen molar-refractivity contribution >= 4 is 22.5 Å². The molecule has 1 aliphatic heterocycles. The van der Waals surface area contributed by atoms with Crippen LogP contribution in [0.2, 0.25) is 0 Å². The molecule has 4 rings (SSSR count). The normalized spacial score (nSPS) is 14.4. The number of likely N-dealkylation sites (tertiary alicyclic amines) is 1. The van der Waals surface area contributed by atoms with Crippen molar-refractivity contribution in [2.75, 3.05) is 25.0 Å². The average Bonchev–Trinajstić information content (AvgIpc) is 3.24. The fourth-order valence-electron chi connectivity index (χ4n) is 4.78. The molecule has 1 aromatic carbocycles. The van der Waals surface area contributed by atoms with Crippen LogP contribution in [-0.4, -0.2) is 52.2 Å². The third kappa shape index (κ3) is 7.56. The monoisotopic (exact) mass is 568 g/mol. The SMILES string of the molecule is CC(=O)N1CCC(NCc2cc3cc(C#CCNc4ccc(C(C)(C)C#N)nc4)n(CC(F)(F)F)c3cc2F)CC1. The van der Waals surface area contributed by atoms with Gasteiger partial charge in [-0.15, -0.1) is 0 Å². The van der Waals surface area contributed by atoms with E-state index in [0.29, 0.717) is 35.4 Å². The minimum Gasteiger partial charge on any atom is -0.373 e. The van der Waals surface area contributed by atoms with Crippen molar-refractivity contribution in [3.05, 3.63) is 59.3 Å². The Balaban J connectivity index is 1.49. The van der Waals surface area contributed by atoms with Gasteiger partial charge in [-0.2, -0.15) is 18.4 Å². The Morgan fingerprint density at radius 1 is 1.17 bits per heavy atom. The Hall–Kier alpha value is -4.09. The van der Waals surface area contributed by atoms with E-state index in [-0.39, 0.29) is 36.2 Å². The first kappa shape index (κ1) is 29.9. The molecule has 0 spiro atoms. The van der Waals surface area contributed by atoms with Crippen LogP contribution in [0.4, 0.5) is 23.2 Å². The molecule has 3 aromatic rings. The van der Waals surface area contributed by atoms with E-state index in [0.717, 1.165) is 23.5 Å². The lowest BCUT2D eigenvalue weighted by molar-refractivity contribution is -0.140. The summed E-state index contributed by atoms with van der Waals surface area (Å²) in [5, 5.41) is 16.1. The highest BCUT2D eigenvalue weighted by molar-refractivity contribution is 5.83. The number of amides is 1. The van der Waals surface area contributed by atoms with Crippen LogP contribution in [0.25, 0.3) is 10.9 Å². The molecule has 41 heavy (non-hydrogen) atoms. The molecule has 1 amide bonds. The topological polar surface area (TPSA) is 86.0 Å². The number of fused-ring (bicyclic) bond motifs is 1. The van der Waals surface area contributed by atoms with Gasteiger partial charge in [-0.1, -0.05) is 5.92 Å². The van der Waals surface area contributed by atoms with Crippen LogP contribution in [0.15, 0.2) is 36.5 Å². The van der Waals surface area contributed by atoms with Gasteiger partial charge in [0.05, 0.1) is 46.8 Å². The van der Waals surface area contributed by atoms with Crippen LogP contribution in [0.3, 0.4) is 0 Å². The Morgan fingerprint density at radius 3 is 2.51 bits per heavy atom. The molecule has 0 saturated carbocycles. The van der Waals surface area contributed by atoms with Crippen LogP contribution >= 0.6 is 0 Å². The summed E-state index contributed by atoms with van der Waals surface area (Å²) >= 11 is 0.